The van der Waals surface area contributed by atoms with E-state index < -0.39 is 6.10 Å². The van der Waals surface area contributed by atoms with E-state index in [-0.39, 0.29) is 18.6 Å². The zero-order valence-corrected chi connectivity index (χ0v) is 16.2. The molecular formula is C23H20N4O3. The van der Waals surface area contributed by atoms with Crippen molar-refractivity contribution < 1.29 is 14.6 Å². The summed E-state index contributed by atoms with van der Waals surface area (Å²) in [5.74, 6) is 0.562. The Balaban J connectivity index is 1.30. The zero-order chi connectivity index (χ0) is 20.5. The van der Waals surface area contributed by atoms with Gasteiger partial charge in [0.1, 0.15) is 18.0 Å². The SMILES string of the molecule is O=C(c1ccc2nccnc2c1)N1CC[C@@H](Oc2cccc3ncccc23)[C@H](O)C1. The average molecular weight is 400 g/mol. The van der Waals surface area contributed by atoms with Gasteiger partial charge in [0.05, 0.1) is 23.1 Å². The molecule has 1 aliphatic rings. The summed E-state index contributed by atoms with van der Waals surface area (Å²) in [4.78, 5) is 27.4. The molecule has 1 aliphatic heterocycles. The average Bonchev–Trinajstić information content (AvgIpc) is 2.80. The predicted octanol–water partition coefficient (Wildman–Crippen LogP) is 2.83. The smallest absolute Gasteiger partial charge is 0.254 e. The van der Waals surface area contributed by atoms with E-state index in [4.69, 9.17) is 4.74 Å². The Kier molecular flexibility index (Phi) is 4.72. The van der Waals surface area contributed by atoms with Gasteiger partial charge in [-0.05, 0) is 42.5 Å². The Labute approximate surface area is 173 Å². The number of pyridine rings is 1. The van der Waals surface area contributed by atoms with Crippen molar-refractivity contribution in [2.24, 2.45) is 0 Å². The first-order valence-corrected chi connectivity index (χ1v) is 9.87. The van der Waals surface area contributed by atoms with Gasteiger partial charge in [0.15, 0.2) is 0 Å². The van der Waals surface area contributed by atoms with Crippen LogP contribution >= 0.6 is 0 Å². The number of aliphatic hydroxyl groups excluding tert-OH is 1. The molecule has 7 heteroatoms. The van der Waals surface area contributed by atoms with Crippen LogP contribution in [0.4, 0.5) is 0 Å². The van der Waals surface area contributed by atoms with Gasteiger partial charge in [-0.2, -0.15) is 0 Å². The van der Waals surface area contributed by atoms with Gasteiger partial charge in [-0.15, -0.1) is 0 Å². The summed E-state index contributed by atoms with van der Waals surface area (Å²) in [7, 11) is 0. The van der Waals surface area contributed by atoms with Gasteiger partial charge in [-0.25, -0.2) is 0 Å². The Hall–Kier alpha value is -3.58. The summed E-state index contributed by atoms with van der Waals surface area (Å²) in [6.45, 7) is 0.715. The van der Waals surface area contributed by atoms with E-state index in [9.17, 15) is 9.90 Å². The van der Waals surface area contributed by atoms with Crippen molar-refractivity contribution in [2.45, 2.75) is 18.6 Å². The molecule has 0 unspecified atom stereocenters. The fourth-order valence-corrected chi connectivity index (χ4v) is 3.85. The van der Waals surface area contributed by atoms with Crippen molar-refractivity contribution >= 4 is 27.8 Å². The number of β-amino-alcohol motifs (C(OH)–C–C–N with tert-alkyl or cyclic N) is 1. The number of aromatic nitrogens is 3. The summed E-state index contributed by atoms with van der Waals surface area (Å²) in [6.07, 6.45) is 4.33. The third-order valence-electron chi connectivity index (χ3n) is 5.41. The number of benzene rings is 2. The molecule has 0 bridgehead atoms. The number of rotatable bonds is 3. The number of nitrogens with zero attached hydrogens (tertiary/aromatic N) is 4. The molecule has 5 rings (SSSR count). The summed E-state index contributed by atoms with van der Waals surface area (Å²) in [6, 6.07) is 14.8. The first-order chi connectivity index (χ1) is 14.7. The molecule has 0 radical (unpaired) electrons. The van der Waals surface area contributed by atoms with Crippen LogP contribution in [0.5, 0.6) is 5.75 Å². The van der Waals surface area contributed by atoms with E-state index in [2.05, 4.69) is 15.0 Å². The van der Waals surface area contributed by atoms with Crippen LogP contribution in [0, 0.1) is 0 Å². The van der Waals surface area contributed by atoms with Crippen LogP contribution in [0.3, 0.4) is 0 Å². The van der Waals surface area contributed by atoms with Crippen molar-refractivity contribution in [3.63, 3.8) is 0 Å². The predicted molar refractivity (Wildman–Crippen MR) is 112 cm³/mol. The van der Waals surface area contributed by atoms with Gasteiger partial charge < -0.3 is 14.7 Å². The van der Waals surface area contributed by atoms with Crippen LogP contribution in [-0.4, -0.2) is 56.2 Å². The molecule has 30 heavy (non-hydrogen) atoms. The molecule has 2 aromatic heterocycles. The fraction of sp³-hybridized carbons (Fsp3) is 0.217. The molecule has 1 amide bonds. The van der Waals surface area contributed by atoms with Crippen LogP contribution < -0.4 is 4.74 Å². The molecule has 2 aromatic carbocycles. The van der Waals surface area contributed by atoms with E-state index in [1.54, 1.807) is 41.7 Å². The second kappa shape index (κ2) is 7.68. The molecule has 1 fully saturated rings. The van der Waals surface area contributed by atoms with E-state index in [1.807, 2.05) is 30.3 Å². The number of piperidine rings is 1. The maximum atomic E-state index is 12.9. The minimum Gasteiger partial charge on any atom is -0.487 e. The monoisotopic (exact) mass is 400 g/mol. The molecule has 1 saturated heterocycles. The van der Waals surface area contributed by atoms with E-state index in [1.165, 1.54) is 0 Å². The highest BCUT2D eigenvalue weighted by Crippen LogP contribution is 2.27. The molecular weight excluding hydrogens is 380 g/mol. The summed E-state index contributed by atoms with van der Waals surface area (Å²) < 4.78 is 6.13. The Morgan fingerprint density at radius 2 is 1.80 bits per heavy atom. The molecule has 1 N–H and O–H groups in total. The maximum Gasteiger partial charge on any atom is 0.254 e. The lowest BCUT2D eigenvalue weighted by atomic mass is 10.0. The molecule has 0 saturated carbocycles. The summed E-state index contributed by atoms with van der Waals surface area (Å²) >= 11 is 0. The minimum absolute atomic E-state index is 0.130. The van der Waals surface area contributed by atoms with Gasteiger partial charge in [0.2, 0.25) is 0 Å². The van der Waals surface area contributed by atoms with Gasteiger partial charge in [-0.3, -0.25) is 19.7 Å². The largest absolute Gasteiger partial charge is 0.487 e. The van der Waals surface area contributed by atoms with Crippen LogP contribution in [0.15, 0.2) is 67.1 Å². The summed E-state index contributed by atoms with van der Waals surface area (Å²) in [5, 5.41) is 11.6. The van der Waals surface area contributed by atoms with Gasteiger partial charge >= 0.3 is 0 Å². The quantitative estimate of drug-likeness (QED) is 0.569. The molecule has 4 aromatic rings. The van der Waals surface area contributed by atoms with E-state index in [0.717, 1.165) is 16.4 Å². The number of hydrogen-bond acceptors (Lipinski definition) is 6. The Morgan fingerprint density at radius 3 is 2.67 bits per heavy atom. The number of amides is 1. The lowest BCUT2D eigenvalue weighted by molar-refractivity contribution is -0.0193. The lowest BCUT2D eigenvalue weighted by Crippen LogP contribution is -2.51. The molecule has 3 heterocycles. The number of ether oxygens (including phenoxy) is 1. The molecule has 0 spiro atoms. The maximum absolute atomic E-state index is 12.9. The molecule has 150 valence electrons. The number of carbonyl (C=O) groups is 1. The highest BCUT2D eigenvalue weighted by Gasteiger charge is 2.32. The number of fused-ring (bicyclic) bond motifs is 2. The van der Waals surface area contributed by atoms with Crippen LogP contribution in [0.2, 0.25) is 0 Å². The number of likely N-dealkylation sites (tertiary alicyclic amines) is 1. The standard InChI is InChI=1S/C23H20N4O3/c28-20-14-27(23(29)15-6-7-18-19(13-15)26-11-10-25-18)12-8-22(20)30-21-5-1-4-17-16(21)3-2-9-24-17/h1-7,9-11,13,20,22,28H,8,12,14H2/t20-,22-/m1/s1. The second-order valence-corrected chi connectivity index (χ2v) is 7.35. The minimum atomic E-state index is -0.783. The Morgan fingerprint density at radius 1 is 0.967 bits per heavy atom. The topological polar surface area (TPSA) is 88.4 Å². The van der Waals surface area contributed by atoms with Gasteiger partial charge in [0, 0.05) is 42.5 Å². The third kappa shape index (κ3) is 3.44. The Bertz CT molecular complexity index is 1220. The van der Waals surface area contributed by atoms with Crippen LogP contribution in [0.25, 0.3) is 21.9 Å². The van der Waals surface area contributed by atoms with Crippen LogP contribution in [0.1, 0.15) is 16.8 Å². The van der Waals surface area contributed by atoms with Crippen molar-refractivity contribution in [3.8, 4) is 5.75 Å². The number of aliphatic hydroxyl groups is 1. The summed E-state index contributed by atoms with van der Waals surface area (Å²) in [5.41, 5.74) is 2.80. The second-order valence-electron chi connectivity index (χ2n) is 7.35. The molecule has 2 atom stereocenters. The normalized spacial score (nSPS) is 19.2. The van der Waals surface area contributed by atoms with E-state index >= 15 is 0 Å². The third-order valence-corrected chi connectivity index (χ3v) is 5.41. The zero-order valence-electron chi connectivity index (χ0n) is 16.2. The van der Waals surface area contributed by atoms with Crippen molar-refractivity contribution in [1.82, 2.24) is 19.9 Å². The lowest BCUT2D eigenvalue weighted by Gasteiger charge is -2.36. The van der Waals surface area contributed by atoms with Crippen molar-refractivity contribution in [1.29, 1.82) is 0 Å². The van der Waals surface area contributed by atoms with Crippen molar-refractivity contribution in [2.75, 3.05) is 13.1 Å². The van der Waals surface area contributed by atoms with Crippen LogP contribution in [-0.2, 0) is 0 Å². The fourth-order valence-electron chi connectivity index (χ4n) is 3.85. The van der Waals surface area contributed by atoms with Gasteiger partial charge in [0.25, 0.3) is 5.91 Å². The van der Waals surface area contributed by atoms with E-state index in [0.29, 0.717) is 29.8 Å². The molecule has 0 aliphatic carbocycles. The van der Waals surface area contributed by atoms with Gasteiger partial charge in [-0.1, -0.05) is 6.07 Å². The first kappa shape index (κ1) is 18.4. The number of hydrogen-bond donors (Lipinski definition) is 1. The van der Waals surface area contributed by atoms with Crippen molar-refractivity contribution in [3.05, 3.63) is 72.7 Å². The highest BCUT2D eigenvalue weighted by molar-refractivity contribution is 5.97. The number of carbonyl (C=O) groups excluding carboxylic acids is 1. The first-order valence-electron chi connectivity index (χ1n) is 9.87. The highest BCUT2D eigenvalue weighted by atomic mass is 16.5. The molecule has 7 nitrogen and oxygen atoms in total.